The van der Waals surface area contributed by atoms with Crippen molar-refractivity contribution < 1.29 is 4.79 Å². The highest BCUT2D eigenvalue weighted by atomic mass is 16.2. The van der Waals surface area contributed by atoms with Gasteiger partial charge in [-0.1, -0.05) is 30.3 Å². The lowest BCUT2D eigenvalue weighted by molar-refractivity contribution is -0.129. The van der Waals surface area contributed by atoms with E-state index in [2.05, 4.69) is 6.07 Å². The molecule has 1 aromatic rings. The molecule has 0 aromatic heterocycles. The summed E-state index contributed by atoms with van der Waals surface area (Å²) in [5.41, 5.74) is 1.13. The molecule has 1 heterocycles. The molecule has 0 aliphatic carbocycles. The third-order valence-corrected chi connectivity index (χ3v) is 2.98. The lowest BCUT2D eigenvalue weighted by atomic mass is 10.1. The monoisotopic (exact) mass is 214 g/mol. The van der Waals surface area contributed by atoms with E-state index in [4.69, 9.17) is 5.26 Å². The molecule has 3 nitrogen and oxygen atoms in total. The van der Waals surface area contributed by atoms with Crippen LogP contribution in [0.1, 0.15) is 24.8 Å². The van der Waals surface area contributed by atoms with Gasteiger partial charge in [-0.15, -0.1) is 0 Å². The first-order valence-corrected chi connectivity index (χ1v) is 5.51. The molecule has 1 aliphatic rings. The van der Waals surface area contributed by atoms with Crippen LogP contribution < -0.4 is 0 Å². The van der Waals surface area contributed by atoms with Crippen molar-refractivity contribution in [2.75, 3.05) is 0 Å². The molecule has 0 spiro atoms. The maximum absolute atomic E-state index is 11.7. The summed E-state index contributed by atoms with van der Waals surface area (Å²) in [4.78, 5) is 13.5. The van der Waals surface area contributed by atoms with Crippen molar-refractivity contribution >= 4 is 5.91 Å². The molecule has 0 radical (unpaired) electrons. The second kappa shape index (κ2) is 4.80. The average molecular weight is 214 g/mol. The van der Waals surface area contributed by atoms with Crippen LogP contribution in [0.2, 0.25) is 0 Å². The van der Waals surface area contributed by atoms with Crippen molar-refractivity contribution in [2.24, 2.45) is 0 Å². The minimum atomic E-state index is 0.109. The summed E-state index contributed by atoms with van der Waals surface area (Å²) in [6.45, 7) is 0.631. The minimum Gasteiger partial charge on any atom is -0.334 e. The molecule has 0 saturated carbocycles. The fourth-order valence-electron chi connectivity index (χ4n) is 2.11. The Morgan fingerprint density at radius 1 is 1.38 bits per heavy atom. The summed E-state index contributed by atoms with van der Waals surface area (Å²) in [6.07, 6.45) is 1.84. The molecule has 1 atom stereocenters. The van der Waals surface area contributed by atoms with Crippen molar-refractivity contribution in [1.82, 2.24) is 4.90 Å². The fraction of sp³-hybridized carbons (Fsp3) is 0.385. The number of benzene rings is 1. The second-order valence-electron chi connectivity index (χ2n) is 4.06. The third kappa shape index (κ3) is 2.22. The quantitative estimate of drug-likeness (QED) is 0.773. The molecule has 1 amide bonds. The Balaban J connectivity index is 2.07. The molecule has 2 rings (SSSR count). The van der Waals surface area contributed by atoms with Crippen LogP contribution >= 0.6 is 0 Å². The summed E-state index contributed by atoms with van der Waals surface area (Å²) < 4.78 is 0. The van der Waals surface area contributed by atoms with Crippen LogP contribution in [-0.2, 0) is 11.3 Å². The Morgan fingerprint density at radius 2 is 2.12 bits per heavy atom. The highest BCUT2D eigenvalue weighted by Crippen LogP contribution is 2.23. The van der Waals surface area contributed by atoms with E-state index in [0.717, 1.165) is 12.0 Å². The summed E-state index contributed by atoms with van der Waals surface area (Å²) in [6, 6.07) is 12.2. The predicted molar refractivity (Wildman–Crippen MR) is 60.2 cm³/mol. The van der Waals surface area contributed by atoms with Crippen LogP contribution in [0.25, 0.3) is 0 Å². The van der Waals surface area contributed by atoms with Crippen LogP contribution in [-0.4, -0.2) is 16.8 Å². The van der Waals surface area contributed by atoms with Gasteiger partial charge in [-0.25, -0.2) is 0 Å². The molecule has 16 heavy (non-hydrogen) atoms. The van der Waals surface area contributed by atoms with Crippen molar-refractivity contribution in [1.29, 1.82) is 5.26 Å². The lowest BCUT2D eigenvalue weighted by Crippen LogP contribution is -2.32. The van der Waals surface area contributed by atoms with Crippen LogP contribution in [0.5, 0.6) is 0 Å². The van der Waals surface area contributed by atoms with Crippen molar-refractivity contribution in [3.05, 3.63) is 35.9 Å². The van der Waals surface area contributed by atoms with E-state index in [1.165, 1.54) is 0 Å². The minimum absolute atomic E-state index is 0.109. The van der Waals surface area contributed by atoms with Crippen LogP contribution in [0, 0.1) is 11.3 Å². The zero-order valence-electron chi connectivity index (χ0n) is 9.10. The number of hydrogen-bond acceptors (Lipinski definition) is 2. The lowest BCUT2D eigenvalue weighted by Gasteiger charge is -2.22. The number of amides is 1. The van der Waals surface area contributed by atoms with E-state index < -0.39 is 0 Å². The fourth-order valence-corrected chi connectivity index (χ4v) is 2.11. The number of rotatable bonds is 3. The summed E-state index contributed by atoms with van der Waals surface area (Å²) in [5.74, 6) is 0.170. The number of hydrogen-bond donors (Lipinski definition) is 0. The second-order valence-corrected chi connectivity index (χ2v) is 4.06. The van der Waals surface area contributed by atoms with E-state index in [1.807, 2.05) is 35.2 Å². The number of likely N-dealkylation sites (tertiary alicyclic amines) is 1. The van der Waals surface area contributed by atoms with E-state index in [0.29, 0.717) is 19.4 Å². The van der Waals surface area contributed by atoms with E-state index in [9.17, 15) is 4.79 Å². The Kier molecular flexibility index (Phi) is 3.21. The van der Waals surface area contributed by atoms with Crippen molar-refractivity contribution in [2.45, 2.75) is 31.8 Å². The first-order chi connectivity index (χ1) is 7.81. The summed E-state index contributed by atoms with van der Waals surface area (Å²) in [7, 11) is 0. The zero-order chi connectivity index (χ0) is 11.4. The molecule has 0 bridgehead atoms. The topological polar surface area (TPSA) is 44.1 Å². The Labute approximate surface area is 95.3 Å². The molecule has 3 heteroatoms. The van der Waals surface area contributed by atoms with Gasteiger partial charge in [0.1, 0.15) is 0 Å². The average Bonchev–Trinajstić information content (AvgIpc) is 2.64. The molecule has 82 valence electrons. The van der Waals surface area contributed by atoms with Gasteiger partial charge in [-0.2, -0.15) is 5.26 Å². The van der Waals surface area contributed by atoms with Crippen LogP contribution in [0.3, 0.4) is 0 Å². The van der Waals surface area contributed by atoms with Crippen molar-refractivity contribution in [3.63, 3.8) is 0 Å². The first-order valence-electron chi connectivity index (χ1n) is 5.51. The summed E-state index contributed by atoms with van der Waals surface area (Å²) >= 11 is 0. The largest absolute Gasteiger partial charge is 0.334 e. The maximum Gasteiger partial charge on any atom is 0.223 e. The number of carbonyl (C=O) groups is 1. The molecular formula is C13H14N2O. The summed E-state index contributed by atoms with van der Waals surface area (Å²) in [5, 5.41) is 8.71. The standard InChI is InChI=1S/C13H14N2O/c14-9-8-12-6-7-13(16)15(12)10-11-4-2-1-3-5-11/h1-5,12H,6-8,10H2/t12-/m0/s1. The van der Waals surface area contributed by atoms with Gasteiger partial charge in [-0.05, 0) is 12.0 Å². The molecule has 0 unspecified atom stereocenters. The Bertz CT molecular complexity index is 408. The van der Waals surface area contributed by atoms with Crippen LogP contribution in [0.4, 0.5) is 0 Å². The third-order valence-electron chi connectivity index (χ3n) is 2.98. The number of nitriles is 1. The Hall–Kier alpha value is -1.82. The molecule has 1 saturated heterocycles. The van der Waals surface area contributed by atoms with Crippen LogP contribution in [0.15, 0.2) is 30.3 Å². The molecule has 1 aliphatic heterocycles. The van der Waals surface area contributed by atoms with Gasteiger partial charge in [0, 0.05) is 19.0 Å². The van der Waals surface area contributed by atoms with E-state index >= 15 is 0 Å². The number of carbonyl (C=O) groups excluding carboxylic acids is 1. The van der Waals surface area contributed by atoms with Gasteiger partial charge >= 0.3 is 0 Å². The normalized spacial score (nSPS) is 19.8. The molecule has 1 aromatic carbocycles. The SMILES string of the molecule is N#CC[C@@H]1CCC(=O)N1Cc1ccccc1. The van der Waals surface area contributed by atoms with Gasteiger partial charge in [0.25, 0.3) is 0 Å². The zero-order valence-corrected chi connectivity index (χ0v) is 9.10. The van der Waals surface area contributed by atoms with Gasteiger partial charge in [0.15, 0.2) is 0 Å². The first kappa shape index (κ1) is 10.7. The maximum atomic E-state index is 11.7. The Morgan fingerprint density at radius 3 is 2.81 bits per heavy atom. The van der Waals surface area contributed by atoms with E-state index in [-0.39, 0.29) is 11.9 Å². The van der Waals surface area contributed by atoms with Gasteiger partial charge in [0.05, 0.1) is 12.5 Å². The van der Waals surface area contributed by atoms with Gasteiger partial charge in [0.2, 0.25) is 5.91 Å². The predicted octanol–water partition coefficient (Wildman–Crippen LogP) is 2.09. The van der Waals surface area contributed by atoms with E-state index in [1.54, 1.807) is 0 Å². The molecule has 0 N–H and O–H groups in total. The highest BCUT2D eigenvalue weighted by Gasteiger charge is 2.30. The molecular weight excluding hydrogens is 200 g/mol. The van der Waals surface area contributed by atoms with Gasteiger partial charge in [-0.3, -0.25) is 4.79 Å². The smallest absolute Gasteiger partial charge is 0.223 e. The van der Waals surface area contributed by atoms with Gasteiger partial charge < -0.3 is 4.90 Å². The molecule has 1 fully saturated rings. The van der Waals surface area contributed by atoms with Crippen molar-refractivity contribution in [3.8, 4) is 6.07 Å². The highest BCUT2D eigenvalue weighted by molar-refractivity contribution is 5.78. The number of nitrogens with zero attached hydrogens (tertiary/aromatic N) is 2.